The zero-order valence-electron chi connectivity index (χ0n) is 8.79. The highest BCUT2D eigenvalue weighted by Gasteiger charge is 2.21. The van der Waals surface area contributed by atoms with Crippen LogP contribution in [0.25, 0.3) is 11.0 Å². The van der Waals surface area contributed by atoms with Crippen LogP contribution in [0.5, 0.6) is 0 Å². The van der Waals surface area contributed by atoms with Crippen LogP contribution >= 0.6 is 27.5 Å². The predicted octanol–water partition coefficient (Wildman–Crippen LogP) is 3.00. The largest absolute Gasteiger partial charge is 0.460 e. The number of nitrogens with two attached hydrogens (primary N) is 1. The van der Waals surface area contributed by atoms with Gasteiger partial charge in [-0.2, -0.15) is 0 Å². The molecule has 0 saturated carbocycles. The molecule has 2 aromatic heterocycles. The van der Waals surface area contributed by atoms with Crippen LogP contribution in [0.1, 0.15) is 17.5 Å². The molecule has 0 aliphatic rings. The fourth-order valence-electron chi connectivity index (χ4n) is 1.40. The van der Waals surface area contributed by atoms with Crippen molar-refractivity contribution in [3.8, 4) is 0 Å². The van der Waals surface area contributed by atoms with Gasteiger partial charge in [-0.25, -0.2) is 9.78 Å². The van der Waals surface area contributed by atoms with Crippen LogP contribution in [0.3, 0.4) is 0 Å². The molecule has 0 amide bonds. The topological polar surface area (TPSA) is 78.3 Å². The zero-order valence-corrected chi connectivity index (χ0v) is 11.1. The first-order chi connectivity index (χ1) is 8.04. The highest BCUT2D eigenvalue weighted by atomic mass is 79.9. The highest BCUT2D eigenvalue weighted by molar-refractivity contribution is 9.10. The Hall–Kier alpha value is -1.27. The Morgan fingerprint density at radius 2 is 2.41 bits per heavy atom. The van der Waals surface area contributed by atoms with Gasteiger partial charge in [0.25, 0.3) is 0 Å². The molecule has 2 rings (SSSR count). The van der Waals surface area contributed by atoms with Crippen LogP contribution in [0, 0.1) is 0 Å². The van der Waals surface area contributed by atoms with E-state index in [9.17, 15) is 4.79 Å². The third kappa shape index (κ3) is 2.10. The van der Waals surface area contributed by atoms with Gasteiger partial charge in [-0.1, -0.05) is 11.6 Å². The predicted molar refractivity (Wildman–Crippen MR) is 67.1 cm³/mol. The van der Waals surface area contributed by atoms with Crippen molar-refractivity contribution in [1.82, 2.24) is 4.98 Å². The molecule has 0 aliphatic heterocycles. The van der Waals surface area contributed by atoms with Crippen molar-refractivity contribution in [2.75, 3.05) is 12.3 Å². The second-order valence-electron chi connectivity index (χ2n) is 3.18. The molecule has 0 fully saturated rings. The molecular weight excluding hydrogens is 311 g/mol. The number of hydrogen-bond donors (Lipinski definition) is 1. The third-order valence-electron chi connectivity index (χ3n) is 2.10. The maximum Gasteiger partial charge on any atom is 0.376 e. The van der Waals surface area contributed by atoms with E-state index < -0.39 is 5.97 Å². The van der Waals surface area contributed by atoms with E-state index >= 15 is 0 Å². The summed E-state index contributed by atoms with van der Waals surface area (Å²) >= 11 is 8.98. The molecule has 0 aliphatic carbocycles. The third-order valence-corrected chi connectivity index (χ3v) is 2.83. The molecule has 5 nitrogen and oxygen atoms in total. The number of halogens is 2. The number of ether oxygens (including phenoxy) is 1. The highest BCUT2D eigenvalue weighted by Crippen LogP contribution is 2.34. The van der Waals surface area contributed by atoms with E-state index in [1.165, 1.54) is 6.07 Å². The summed E-state index contributed by atoms with van der Waals surface area (Å²) in [6, 6.07) is 1.53. The monoisotopic (exact) mass is 318 g/mol. The zero-order chi connectivity index (χ0) is 12.6. The maximum absolute atomic E-state index is 11.6. The minimum Gasteiger partial charge on any atom is -0.460 e. The van der Waals surface area contributed by atoms with Crippen molar-refractivity contribution in [1.29, 1.82) is 0 Å². The van der Waals surface area contributed by atoms with E-state index in [1.54, 1.807) is 6.92 Å². The first-order valence-corrected chi connectivity index (χ1v) is 5.92. The van der Waals surface area contributed by atoms with Crippen LogP contribution in [0.15, 0.2) is 15.1 Å². The summed E-state index contributed by atoms with van der Waals surface area (Å²) in [5.41, 5.74) is 6.37. The van der Waals surface area contributed by atoms with Crippen LogP contribution in [-0.2, 0) is 4.74 Å². The lowest BCUT2D eigenvalue weighted by Gasteiger charge is -1.97. The molecule has 2 aromatic rings. The van der Waals surface area contributed by atoms with Gasteiger partial charge in [-0.05, 0) is 28.9 Å². The van der Waals surface area contributed by atoms with Crippen molar-refractivity contribution < 1.29 is 13.9 Å². The van der Waals surface area contributed by atoms with Crippen molar-refractivity contribution in [3.63, 3.8) is 0 Å². The van der Waals surface area contributed by atoms with Gasteiger partial charge in [0.05, 0.1) is 17.7 Å². The number of aromatic nitrogens is 1. The van der Waals surface area contributed by atoms with E-state index in [-0.39, 0.29) is 23.2 Å². The minimum absolute atomic E-state index is 0.0355. The second-order valence-corrected chi connectivity index (χ2v) is 4.32. The van der Waals surface area contributed by atoms with E-state index in [0.29, 0.717) is 15.6 Å². The molecule has 0 saturated heterocycles. The number of anilines is 1. The molecular formula is C10H8BrClN2O3. The lowest BCUT2D eigenvalue weighted by atomic mass is 10.2. The average molecular weight is 320 g/mol. The van der Waals surface area contributed by atoms with Gasteiger partial charge in [-0.3, -0.25) is 0 Å². The average Bonchev–Trinajstić information content (AvgIpc) is 2.57. The number of nitrogen functional groups attached to an aromatic ring is 1. The van der Waals surface area contributed by atoms with Crippen LogP contribution in [0.2, 0.25) is 5.15 Å². The van der Waals surface area contributed by atoms with E-state index in [0.717, 1.165) is 0 Å². The Balaban J connectivity index is 2.64. The number of carbonyl (C=O) groups is 1. The van der Waals surface area contributed by atoms with Crippen molar-refractivity contribution >= 4 is 50.2 Å². The van der Waals surface area contributed by atoms with Gasteiger partial charge in [0, 0.05) is 0 Å². The molecule has 0 aromatic carbocycles. The Bertz CT molecular complexity index is 597. The van der Waals surface area contributed by atoms with Crippen LogP contribution in [-0.4, -0.2) is 17.6 Å². The second kappa shape index (κ2) is 4.54. The smallest absolute Gasteiger partial charge is 0.376 e. The summed E-state index contributed by atoms with van der Waals surface area (Å²) in [5.74, 6) is -0.643. The first kappa shape index (κ1) is 12.2. The van der Waals surface area contributed by atoms with E-state index in [4.69, 9.17) is 26.5 Å². The Morgan fingerprint density at radius 1 is 1.71 bits per heavy atom. The number of fused-ring (bicyclic) bond motifs is 1. The molecule has 0 bridgehead atoms. The molecule has 0 radical (unpaired) electrons. The molecule has 0 spiro atoms. The number of hydrogen-bond acceptors (Lipinski definition) is 5. The van der Waals surface area contributed by atoms with Gasteiger partial charge in [0.1, 0.15) is 5.15 Å². The van der Waals surface area contributed by atoms with Crippen LogP contribution < -0.4 is 5.73 Å². The summed E-state index contributed by atoms with van der Waals surface area (Å²) in [5, 5.41) is 0.784. The van der Waals surface area contributed by atoms with Gasteiger partial charge in [0.2, 0.25) is 5.76 Å². The lowest BCUT2D eigenvalue weighted by Crippen LogP contribution is -2.05. The number of pyridine rings is 1. The van der Waals surface area contributed by atoms with Gasteiger partial charge in [0.15, 0.2) is 10.2 Å². The number of esters is 1. The van der Waals surface area contributed by atoms with Gasteiger partial charge < -0.3 is 14.9 Å². The summed E-state index contributed by atoms with van der Waals surface area (Å²) in [4.78, 5) is 15.5. The SMILES string of the molecule is CCOC(=O)c1oc2c(Br)nc(Cl)cc2c1N. The quantitative estimate of drug-likeness (QED) is 0.680. The molecule has 7 heteroatoms. The van der Waals surface area contributed by atoms with E-state index in [1.807, 2.05) is 0 Å². The number of furan rings is 1. The maximum atomic E-state index is 11.6. The Morgan fingerprint density at radius 3 is 3.06 bits per heavy atom. The molecule has 0 atom stereocenters. The Labute approximate surface area is 110 Å². The van der Waals surface area contributed by atoms with Crippen molar-refractivity contribution in [2.45, 2.75) is 6.92 Å². The van der Waals surface area contributed by atoms with Crippen molar-refractivity contribution in [2.24, 2.45) is 0 Å². The summed E-state index contributed by atoms with van der Waals surface area (Å²) in [6.45, 7) is 1.95. The molecule has 0 unspecified atom stereocenters. The standard InChI is InChI=1S/C10H8BrClN2O3/c1-2-16-10(15)8-6(13)4-3-5(12)14-9(11)7(4)17-8/h3H,2,13H2,1H3. The minimum atomic E-state index is -0.607. The summed E-state index contributed by atoms with van der Waals surface area (Å²) in [6.07, 6.45) is 0. The molecule has 17 heavy (non-hydrogen) atoms. The lowest BCUT2D eigenvalue weighted by molar-refractivity contribution is 0.0494. The summed E-state index contributed by atoms with van der Waals surface area (Å²) in [7, 11) is 0. The van der Waals surface area contributed by atoms with Crippen molar-refractivity contribution in [3.05, 3.63) is 21.6 Å². The number of nitrogens with zero attached hydrogens (tertiary/aromatic N) is 1. The van der Waals surface area contributed by atoms with E-state index in [2.05, 4.69) is 20.9 Å². The molecule has 2 heterocycles. The normalized spacial score (nSPS) is 10.8. The van der Waals surface area contributed by atoms with Gasteiger partial charge in [-0.15, -0.1) is 0 Å². The molecule has 2 N–H and O–H groups in total. The van der Waals surface area contributed by atoms with Crippen LogP contribution in [0.4, 0.5) is 5.69 Å². The molecule has 90 valence electrons. The van der Waals surface area contributed by atoms with Gasteiger partial charge >= 0.3 is 5.97 Å². The number of carbonyl (C=O) groups excluding carboxylic acids is 1. The fraction of sp³-hybridized carbons (Fsp3) is 0.200. The summed E-state index contributed by atoms with van der Waals surface area (Å²) < 4.78 is 10.5. The first-order valence-electron chi connectivity index (χ1n) is 4.75. The Kier molecular flexibility index (Phi) is 3.26. The number of rotatable bonds is 2. The fourth-order valence-corrected chi connectivity index (χ4v) is 2.18.